The number of sulfone groups is 1. The minimum absolute atomic E-state index is 0.0117. The van der Waals surface area contributed by atoms with Crippen LogP contribution >= 0.6 is 0 Å². The molecule has 7 nitrogen and oxygen atoms in total. The van der Waals surface area contributed by atoms with Gasteiger partial charge in [0.25, 0.3) is 0 Å². The maximum absolute atomic E-state index is 14.7. The van der Waals surface area contributed by atoms with Gasteiger partial charge in [-0.15, -0.1) is 0 Å². The van der Waals surface area contributed by atoms with Gasteiger partial charge in [0.2, 0.25) is 5.88 Å². The number of aromatic nitrogens is 2. The van der Waals surface area contributed by atoms with Crippen molar-refractivity contribution >= 4 is 15.8 Å². The third-order valence-corrected chi connectivity index (χ3v) is 6.06. The van der Waals surface area contributed by atoms with E-state index in [1.54, 1.807) is 11.6 Å². The van der Waals surface area contributed by atoms with E-state index in [1.165, 1.54) is 12.1 Å². The number of halogens is 1. The van der Waals surface area contributed by atoms with E-state index >= 15 is 0 Å². The number of nitrogens with zero attached hydrogens (tertiary/aromatic N) is 2. The fraction of sp³-hybridized carbons (Fsp3) is 0.444. The Morgan fingerprint density at radius 2 is 2.19 bits per heavy atom. The summed E-state index contributed by atoms with van der Waals surface area (Å²) in [6.07, 6.45) is 3.56. The summed E-state index contributed by atoms with van der Waals surface area (Å²) in [4.78, 5) is 12.4. The van der Waals surface area contributed by atoms with Crippen molar-refractivity contribution in [2.45, 2.75) is 43.2 Å². The molecule has 0 spiro atoms. The average Bonchev–Trinajstić information content (AvgIpc) is 3.17. The van der Waals surface area contributed by atoms with Crippen LogP contribution < -0.4 is 4.74 Å². The summed E-state index contributed by atoms with van der Waals surface area (Å²) in [5.74, 6) is -1.11. The van der Waals surface area contributed by atoms with E-state index in [0.29, 0.717) is 5.88 Å². The van der Waals surface area contributed by atoms with Crippen molar-refractivity contribution in [2.75, 3.05) is 12.9 Å². The molecule has 2 atom stereocenters. The molecule has 1 aliphatic heterocycles. The van der Waals surface area contributed by atoms with E-state index < -0.39 is 21.6 Å². The number of carbonyl (C=O) groups is 1. The van der Waals surface area contributed by atoms with Crippen molar-refractivity contribution in [1.29, 1.82) is 0 Å². The molecule has 0 amide bonds. The molecule has 0 radical (unpaired) electrons. The molecule has 0 saturated heterocycles. The third kappa shape index (κ3) is 2.99. The number of carbonyl (C=O) groups excluding carboxylic acids is 1. The Balaban J connectivity index is 1.88. The van der Waals surface area contributed by atoms with E-state index in [0.717, 1.165) is 31.6 Å². The fourth-order valence-electron chi connectivity index (χ4n) is 3.68. The Hall–Kier alpha value is -2.42. The highest BCUT2D eigenvalue weighted by Gasteiger charge is 2.40. The minimum Gasteiger partial charge on any atom is -0.474 e. The molecule has 4 rings (SSSR count). The number of hydrogen-bond donors (Lipinski definition) is 0. The van der Waals surface area contributed by atoms with E-state index in [-0.39, 0.29) is 40.5 Å². The molecule has 1 fully saturated rings. The molecule has 2 heterocycles. The first-order chi connectivity index (χ1) is 12.8. The molecule has 2 aromatic rings. The number of esters is 1. The Bertz CT molecular complexity index is 1030. The number of rotatable bonds is 4. The molecule has 144 valence electrons. The zero-order valence-corrected chi connectivity index (χ0v) is 15.8. The van der Waals surface area contributed by atoms with Gasteiger partial charge in [0, 0.05) is 18.2 Å². The van der Waals surface area contributed by atoms with E-state index in [1.807, 2.05) is 0 Å². The van der Waals surface area contributed by atoms with Gasteiger partial charge in [-0.05, 0) is 38.0 Å². The second kappa shape index (κ2) is 6.33. The lowest BCUT2D eigenvalue weighted by Gasteiger charge is -2.22. The maximum Gasteiger partial charge on any atom is 0.345 e. The topological polar surface area (TPSA) is 87.5 Å². The highest BCUT2D eigenvalue weighted by molar-refractivity contribution is 7.90. The Morgan fingerprint density at radius 1 is 1.41 bits per heavy atom. The zero-order valence-electron chi connectivity index (χ0n) is 14.9. The van der Waals surface area contributed by atoms with Crippen LogP contribution in [-0.2, 0) is 14.6 Å². The highest BCUT2D eigenvalue weighted by atomic mass is 32.2. The van der Waals surface area contributed by atoms with Crippen molar-refractivity contribution < 1.29 is 27.1 Å². The van der Waals surface area contributed by atoms with Gasteiger partial charge in [-0.1, -0.05) is 0 Å². The summed E-state index contributed by atoms with van der Waals surface area (Å²) < 4.78 is 50.7. The standard InChI is InChI=1S/C18H19FN2O5S/c1-3-25-18(22)15-16(13-7-6-12(9-14(13)19)27(2,23)24)20-21-10-4-5-11(8-10)26-17(15)21/h6-7,9-11H,3-5,8H2,1-2H3. The molecular formula is C18H19FN2O5S. The van der Waals surface area contributed by atoms with Gasteiger partial charge in [-0.3, -0.25) is 0 Å². The van der Waals surface area contributed by atoms with Crippen LogP contribution in [0.15, 0.2) is 23.1 Å². The van der Waals surface area contributed by atoms with Gasteiger partial charge in [0.15, 0.2) is 9.84 Å². The summed E-state index contributed by atoms with van der Waals surface area (Å²) in [5.41, 5.74) is 0.222. The lowest BCUT2D eigenvalue weighted by Crippen LogP contribution is -2.23. The minimum atomic E-state index is -3.55. The van der Waals surface area contributed by atoms with Crippen LogP contribution in [0.1, 0.15) is 42.6 Å². The molecule has 2 unspecified atom stereocenters. The first-order valence-corrected chi connectivity index (χ1v) is 10.6. The second-order valence-electron chi connectivity index (χ2n) is 6.81. The predicted molar refractivity (Wildman–Crippen MR) is 94.0 cm³/mol. The van der Waals surface area contributed by atoms with Crippen LogP contribution in [0.25, 0.3) is 11.3 Å². The summed E-state index contributed by atoms with van der Waals surface area (Å²) in [5, 5.41) is 4.46. The fourth-order valence-corrected chi connectivity index (χ4v) is 4.31. The van der Waals surface area contributed by atoms with Crippen molar-refractivity contribution in [1.82, 2.24) is 9.78 Å². The number of fused-ring (bicyclic) bond motifs is 4. The monoisotopic (exact) mass is 394 g/mol. The van der Waals surface area contributed by atoms with Crippen LogP contribution in [0.2, 0.25) is 0 Å². The van der Waals surface area contributed by atoms with Gasteiger partial charge in [0.05, 0.1) is 17.5 Å². The van der Waals surface area contributed by atoms with Gasteiger partial charge in [-0.25, -0.2) is 22.3 Å². The maximum atomic E-state index is 14.7. The number of ether oxygens (including phenoxy) is 2. The summed E-state index contributed by atoms with van der Waals surface area (Å²) in [6.45, 7) is 1.84. The van der Waals surface area contributed by atoms with E-state index in [2.05, 4.69) is 5.10 Å². The van der Waals surface area contributed by atoms with Crippen LogP contribution in [0.3, 0.4) is 0 Å². The molecule has 1 saturated carbocycles. The Kier molecular flexibility index (Phi) is 4.21. The van der Waals surface area contributed by atoms with Crippen molar-refractivity contribution in [2.24, 2.45) is 0 Å². The van der Waals surface area contributed by atoms with Crippen molar-refractivity contribution in [3.63, 3.8) is 0 Å². The van der Waals surface area contributed by atoms with Crippen molar-refractivity contribution in [3.8, 4) is 17.1 Å². The molecule has 2 bridgehead atoms. The Morgan fingerprint density at radius 3 is 2.85 bits per heavy atom. The van der Waals surface area contributed by atoms with Crippen molar-refractivity contribution in [3.05, 3.63) is 29.6 Å². The largest absolute Gasteiger partial charge is 0.474 e. The van der Waals surface area contributed by atoms with Crippen LogP contribution in [0.5, 0.6) is 5.88 Å². The van der Waals surface area contributed by atoms with Gasteiger partial charge >= 0.3 is 5.97 Å². The molecule has 1 aromatic heterocycles. The van der Waals surface area contributed by atoms with E-state index in [9.17, 15) is 17.6 Å². The summed E-state index contributed by atoms with van der Waals surface area (Å²) in [6, 6.07) is 3.65. The number of hydrogen-bond acceptors (Lipinski definition) is 6. The average molecular weight is 394 g/mol. The molecule has 0 N–H and O–H groups in total. The van der Waals surface area contributed by atoms with Crippen LogP contribution in [0.4, 0.5) is 4.39 Å². The molecule has 9 heteroatoms. The number of benzene rings is 1. The molecule has 2 aliphatic rings. The molecular weight excluding hydrogens is 375 g/mol. The highest BCUT2D eigenvalue weighted by Crippen LogP contribution is 2.44. The quantitative estimate of drug-likeness (QED) is 0.741. The van der Waals surface area contributed by atoms with Gasteiger partial charge in [-0.2, -0.15) is 5.10 Å². The second-order valence-corrected chi connectivity index (χ2v) is 8.83. The van der Waals surface area contributed by atoms with Gasteiger partial charge < -0.3 is 9.47 Å². The van der Waals surface area contributed by atoms with Crippen LogP contribution in [-0.4, -0.2) is 43.1 Å². The normalized spacial score (nSPS) is 20.9. The van der Waals surface area contributed by atoms with Crippen LogP contribution in [0, 0.1) is 5.82 Å². The molecule has 27 heavy (non-hydrogen) atoms. The molecule has 1 aliphatic carbocycles. The first kappa shape index (κ1) is 18.0. The molecule has 1 aromatic carbocycles. The van der Waals surface area contributed by atoms with E-state index in [4.69, 9.17) is 9.47 Å². The SMILES string of the molecule is CCOC(=O)c1c(-c2ccc(S(C)(=O)=O)cc2F)nn2c1OC1CCC2C1. The first-order valence-electron chi connectivity index (χ1n) is 8.75. The lowest BCUT2D eigenvalue weighted by atomic mass is 10.1. The summed E-state index contributed by atoms with van der Waals surface area (Å²) >= 11 is 0. The van der Waals surface area contributed by atoms with Gasteiger partial charge in [0.1, 0.15) is 23.2 Å². The summed E-state index contributed by atoms with van der Waals surface area (Å²) in [7, 11) is -3.55. The third-order valence-electron chi connectivity index (χ3n) is 4.95. The lowest BCUT2D eigenvalue weighted by molar-refractivity contribution is 0.0515. The Labute approximate surface area is 156 Å². The smallest absolute Gasteiger partial charge is 0.345 e. The predicted octanol–water partition coefficient (Wildman–Crippen LogP) is 2.76. The zero-order chi connectivity index (χ0) is 19.3.